The van der Waals surface area contributed by atoms with Gasteiger partial charge in [0, 0.05) is 15.7 Å². The van der Waals surface area contributed by atoms with Crippen LogP contribution in [0.2, 0.25) is 5.02 Å². The maximum Gasteiger partial charge on any atom is 0.417 e. The summed E-state index contributed by atoms with van der Waals surface area (Å²) in [7, 11) is 0. The maximum atomic E-state index is 13.6. The molecule has 1 aliphatic heterocycles. The highest BCUT2D eigenvalue weighted by atomic mass is 79.9. The second-order valence-electron chi connectivity index (χ2n) is 8.60. The van der Waals surface area contributed by atoms with Gasteiger partial charge in [-0.3, -0.25) is 4.79 Å². The number of alkyl halides is 3. The molecule has 0 radical (unpaired) electrons. The van der Waals surface area contributed by atoms with Gasteiger partial charge < -0.3 is 10.1 Å². The topological polar surface area (TPSA) is 71.0 Å². The van der Waals surface area contributed by atoms with Gasteiger partial charge in [-0.15, -0.1) is 0 Å². The minimum Gasteiger partial charge on any atom is -0.465 e. The van der Waals surface area contributed by atoms with Gasteiger partial charge >= 0.3 is 18.2 Å². The normalized spacial score (nSPS) is 17.2. The number of amides is 2. The lowest BCUT2D eigenvalue weighted by Crippen LogP contribution is -2.46. The van der Waals surface area contributed by atoms with Crippen molar-refractivity contribution in [2.75, 3.05) is 18.5 Å². The summed E-state index contributed by atoms with van der Waals surface area (Å²) >= 11 is 9.35. The number of carbonyl (C=O) groups is 2. The second-order valence-corrected chi connectivity index (χ2v) is 9.92. The molecule has 1 atom stereocenters. The van der Waals surface area contributed by atoms with Crippen molar-refractivity contribution in [2.45, 2.75) is 19.5 Å². The Morgan fingerprint density at radius 3 is 2.39 bits per heavy atom. The van der Waals surface area contributed by atoms with Crippen LogP contribution >= 0.6 is 27.5 Å². The number of carbonyl (C=O) groups excluding carboxylic acids is 2. The molecule has 0 bridgehead atoms. The number of halogens is 5. The van der Waals surface area contributed by atoms with Crippen LogP contribution in [0.25, 0.3) is 0 Å². The minimum absolute atomic E-state index is 0.0571. The summed E-state index contributed by atoms with van der Waals surface area (Å²) in [5, 5.41) is 7.71. The Hall–Kier alpha value is -3.37. The average Bonchev–Trinajstić information content (AvgIpc) is 3.26. The van der Waals surface area contributed by atoms with Crippen LogP contribution in [-0.4, -0.2) is 35.9 Å². The molecule has 3 aromatic rings. The first kappa shape index (κ1) is 27.7. The molecule has 0 aromatic heterocycles. The number of urea groups is 1. The Morgan fingerprint density at radius 2 is 1.79 bits per heavy atom. The van der Waals surface area contributed by atoms with Crippen LogP contribution in [0.1, 0.15) is 23.6 Å². The molecule has 1 heterocycles. The molecular formula is C27H22BrClF3N3O3. The van der Waals surface area contributed by atoms with E-state index < -0.39 is 34.2 Å². The standard InChI is InChI=1S/C27H22BrClF3N3O3/c1-2-38-24(36)26(15-17-6-4-3-5-7-17)16-35(25(37)33-20-11-9-19(28)10-12-20)34-23(26)18-8-13-21(22(29)14-18)27(30,31)32/h3-14H,2,15-16H2,1H3,(H,33,37). The smallest absolute Gasteiger partial charge is 0.417 e. The Balaban J connectivity index is 1.80. The highest BCUT2D eigenvalue weighted by molar-refractivity contribution is 9.10. The molecule has 38 heavy (non-hydrogen) atoms. The molecule has 4 rings (SSSR count). The zero-order valence-corrected chi connectivity index (χ0v) is 22.4. The fourth-order valence-corrected chi connectivity index (χ4v) is 4.79. The summed E-state index contributed by atoms with van der Waals surface area (Å²) in [6.45, 7) is 1.51. The van der Waals surface area contributed by atoms with Crippen molar-refractivity contribution in [1.29, 1.82) is 0 Å². The highest BCUT2D eigenvalue weighted by Gasteiger charge is 2.52. The summed E-state index contributed by atoms with van der Waals surface area (Å²) < 4.78 is 46.4. The summed E-state index contributed by atoms with van der Waals surface area (Å²) in [5.74, 6) is -0.655. The van der Waals surface area contributed by atoms with E-state index in [-0.39, 0.29) is 30.8 Å². The van der Waals surface area contributed by atoms with Crippen molar-refractivity contribution in [3.8, 4) is 0 Å². The van der Waals surface area contributed by atoms with Crippen molar-refractivity contribution < 1.29 is 27.5 Å². The van der Waals surface area contributed by atoms with E-state index >= 15 is 0 Å². The summed E-state index contributed by atoms with van der Waals surface area (Å²) in [5.41, 5.74) is -1.02. The van der Waals surface area contributed by atoms with Gasteiger partial charge in [-0.05, 0) is 55.3 Å². The van der Waals surface area contributed by atoms with Gasteiger partial charge in [-0.2, -0.15) is 18.3 Å². The van der Waals surface area contributed by atoms with Crippen LogP contribution in [-0.2, 0) is 22.1 Å². The molecule has 0 spiro atoms. The fraction of sp³-hybridized carbons (Fsp3) is 0.222. The third-order valence-electron chi connectivity index (χ3n) is 5.99. The maximum absolute atomic E-state index is 13.6. The molecule has 0 saturated heterocycles. The predicted octanol–water partition coefficient (Wildman–Crippen LogP) is 7.17. The van der Waals surface area contributed by atoms with E-state index in [9.17, 15) is 22.8 Å². The van der Waals surface area contributed by atoms with Gasteiger partial charge in [0.05, 0.1) is 29.4 Å². The van der Waals surface area contributed by atoms with E-state index in [0.717, 1.165) is 27.2 Å². The zero-order valence-electron chi connectivity index (χ0n) is 20.1. The van der Waals surface area contributed by atoms with Gasteiger partial charge in [0.2, 0.25) is 0 Å². The van der Waals surface area contributed by atoms with Crippen molar-refractivity contribution in [1.82, 2.24) is 5.01 Å². The number of esters is 1. The minimum atomic E-state index is -4.66. The van der Waals surface area contributed by atoms with E-state index in [1.165, 1.54) is 6.07 Å². The van der Waals surface area contributed by atoms with Crippen LogP contribution < -0.4 is 5.32 Å². The molecule has 2 amide bonds. The molecule has 198 valence electrons. The molecular weight excluding hydrogens is 587 g/mol. The van der Waals surface area contributed by atoms with Crippen LogP contribution in [0.4, 0.5) is 23.7 Å². The predicted molar refractivity (Wildman–Crippen MR) is 142 cm³/mol. The van der Waals surface area contributed by atoms with Gasteiger partial charge in [0.15, 0.2) is 0 Å². The molecule has 3 aromatic carbocycles. The van der Waals surface area contributed by atoms with Crippen LogP contribution in [0.5, 0.6) is 0 Å². The highest BCUT2D eigenvalue weighted by Crippen LogP contribution is 2.40. The summed E-state index contributed by atoms with van der Waals surface area (Å²) in [6, 6.07) is 18.4. The third kappa shape index (κ3) is 5.86. The Labute approximate surface area is 230 Å². The summed E-state index contributed by atoms with van der Waals surface area (Å²) in [6.07, 6.45) is -4.57. The molecule has 11 heteroatoms. The van der Waals surface area contributed by atoms with E-state index in [1.807, 2.05) is 18.2 Å². The molecule has 1 aliphatic rings. The molecule has 1 N–H and O–H groups in total. The number of ether oxygens (including phenoxy) is 1. The summed E-state index contributed by atoms with van der Waals surface area (Å²) in [4.78, 5) is 26.8. The SMILES string of the molecule is CCOC(=O)C1(Cc2ccccc2)CN(C(=O)Nc2ccc(Br)cc2)N=C1c1ccc(C(F)(F)F)c(Cl)c1. The Kier molecular flexibility index (Phi) is 8.13. The molecule has 0 saturated carbocycles. The number of nitrogens with one attached hydrogen (secondary N) is 1. The van der Waals surface area contributed by atoms with E-state index in [1.54, 1.807) is 43.3 Å². The van der Waals surface area contributed by atoms with Gasteiger partial charge in [-0.1, -0.05) is 63.9 Å². The molecule has 1 unspecified atom stereocenters. The Morgan fingerprint density at radius 1 is 1.11 bits per heavy atom. The first-order valence-electron chi connectivity index (χ1n) is 11.5. The number of hydrogen-bond acceptors (Lipinski definition) is 4. The molecule has 0 aliphatic carbocycles. The second kappa shape index (κ2) is 11.2. The lowest BCUT2D eigenvalue weighted by Gasteiger charge is -2.29. The number of benzene rings is 3. The fourth-order valence-electron chi connectivity index (χ4n) is 4.23. The van der Waals surface area contributed by atoms with Crippen LogP contribution in [0, 0.1) is 5.41 Å². The van der Waals surface area contributed by atoms with Gasteiger partial charge in [0.25, 0.3) is 0 Å². The first-order chi connectivity index (χ1) is 18.0. The monoisotopic (exact) mass is 607 g/mol. The van der Waals surface area contributed by atoms with Crippen molar-refractivity contribution in [3.63, 3.8) is 0 Å². The van der Waals surface area contributed by atoms with E-state index in [4.69, 9.17) is 16.3 Å². The largest absolute Gasteiger partial charge is 0.465 e. The van der Waals surface area contributed by atoms with Crippen LogP contribution in [0.15, 0.2) is 82.4 Å². The van der Waals surface area contributed by atoms with E-state index in [0.29, 0.717) is 5.69 Å². The van der Waals surface area contributed by atoms with Crippen LogP contribution in [0.3, 0.4) is 0 Å². The quantitative estimate of drug-likeness (QED) is 0.302. The number of anilines is 1. The number of rotatable bonds is 6. The van der Waals surface area contributed by atoms with Crippen molar-refractivity contribution >= 4 is 50.9 Å². The van der Waals surface area contributed by atoms with Gasteiger partial charge in [0.1, 0.15) is 5.41 Å². The van der Waals surface area contributed by atoms with Gasteiger partial charge in [-0.25, -0.2) is 9.80 Å². The first-order valence-corrected chi connectivity index (χ1v) is 12.7. The van der Waals surface area contributed by atoms with Crippen molar-refractivity contribution in [3.05, 3.63) is 99.0 Å². The number of hydrazone groups is 1. The number of nitrogens with zero attached hydrogens (tertiary/aromatic N) is 2. The molecule has 6 nitrogen and oxygen atoms in total. The Bertz CT molecular complexity index is 1370. The lowest BCUT2D eigenvalue weighted by molar-refractivity contribution is -0.151. The van der Waals surface area contributed by atoms with E-state index in [2.05, 4.69) is 26.3 Å². The van der Waals surface area contributed by atoms with Crippen molar-refractivity contribution in [2.24, 2.45) is 10.5 Å². The number of hydrogen-bond donors (Lipinski definition) is 1. The zero-order chi connectivity index (χ0) is 27.5. The molecule has 0 fully saturated rings. The third-order valence-corrected chi connectivity index (χ3v) is 6.83. The average molecular weight is 609 g/mol. The lowest BCUT2D eigenvalue weighted by atomic mass is 9.75.